The van der Waals surface area contributed by atoms with Crippen molar-refractivity contribution in [2.45, 2.75) is 18.7 Å². The molecule has 1 amide bonds. The molecule has 118 valence electrons. The molecule has 6 nitrogen and oxygen atoms in total. The minimum Gasteiger partial charge on any atom is -0.492 e. The number of ether oxygens (including phenoxy) is 1. The number of carbonyl (C=O) groups excluding carboxylic acids is 1. The molecule has 1 aromatic rings. The molecule has 0 fully saturated rings. The monoisotopic (exact) mass is 318 g/mol. The first-order valence-corrected chi connectivity index (χ1v) is 7.78. The van der Waals surface area contributed by atoms with Crippen molar-refractivity contribution in [1.29, 1.82) is 0 Å². The van der Waals surface area contributed by atoms with Gasteiger partial charge in [-0.15, -0.1) is 0 Å². The van der Waals surface area contributed by atoms with E-state index in [9.17, 15) is 17.6 Å². The lowest BCUT2D eigenvalue weighted by Crippen LogP contribution is -2.30. The Balaban J connectivity index is 3.34. The molecule has 0 spiro atoms. The van der Waals surface area contributed by atoms with E-state index in [0.717, 1.165) is 19.2 Å². The highest BCUT2D eigenvalue weighted by Crippen LogP contribution is 2.28. The number of sulfonamides is 1. The van der Waals surface area contributed by atoms with E-state index in [4.69, 9.17) is 9.88 Å². The number of hydrogen-bond acceptors (Lipinski definition) is 4. The first-order valence-electron chi connectivity index (χ1n) is 6.23. The summed E-state index contributed by atoms with van der Waals surface area (Å²) in [6.07, 6.45) is 0. The highest BCUT2D eigenvalue weighted by molar-refractivity contribution is 7.89. The predicted octanol–water partition coefficient (Wildman–Crippen LogP) is 1.21. The van der Waals surface area contributed by atoms with Crippen LogP contribution >= 0.6 is 0 Å². The fourth-order valence-electron chi connectivity index (χ4n) is 1.95. The van der Waals surface area contributed by atoms with Gasteiger partial charge in [0.1, 0.15) is 4.90 Å². The van der Waals surface area contributed by atoms with Crippen LogP contribution in [-0.2, 0) is 10.0 Å². The molecule has 0 radical (unpaired) electrons. The Morgan fingerprint density at radius 1 is 1.43 bits per heavy atom. The molecule has 1 aromatic carbocycles. The third kappa shape index (κ3) is 4.15. The van der Waals surface area contributed by atoms with Crippen LogP contribution in [-0.4, -0.2) is 39.9 Å². The summed E-state index contributed by atoms with van der Waals surface area (Å²) in [4.78, 5) is 13.0. The largest absolute Gasteiger partial charge is 0.492 e. The van der Waals surface area contributed by atoms with Crippen LogP contribution in [0.25, 0.3) is 0 Å². The van der Waals surface area contributed by atoms with Crippen molar-refractivity contribution in [3.63, 3.8) is 0 Å². The highest BCUT2D eigenvalue weighted by atomic mass is 32.2. The van der Waals surface area contributed by atoms with Crippen molar-refractivity contribution in [1.82, 2.24) is 4.90 Å². The van der Waals surface area contributed by atoms with E-state index >= 15 is 0 Å². The number of carbonyl (C=O) groups is 1. The van der Waals surface area contributed by atoms with Gasteiger partial charge >= 0.3 is 0 Å². The van der Waals surface area contributed by atoms with E-state index in [-0.39, 0.29) is 11.5 Å². The normalized spacial score (nSPS) is 11.6. The Hall–Kier alpha value is -1.67. The molecular formula is C13H19FN2O4S. The Kier molecular flexibility index (Phi) is 5.30. The highest BCUT2D eigenvalue weighted by Gasteiger charge is 2.23. The number of rotatable bonds is 5. The molecular weight excluding hydrogens is 299 g/mol. The van der Waals surface area contributed by atoms with Crippen LogP contribution < -0.4 is 9.88 Å². The zero-order valence-electron chi connectivity index (χ0n) is 12.4. The molecule has 0 aliphatic carbocycles. The number of methoxy groups -OCH3 is 1. The van der Waals surface area contributed by atoms with Crippen LogP contribution in [0.3, 0.4) is 0 Å². The van der Waals surface area contributed by atoms with E-state index in [0.29, 0.717) is 6.54 Å². The van der Waals surface area contributed by atoms with Crippen LogP contribution in [0.4, 0.5) is 4.39 Å². The van der Waals surface area contributed by atoms with Gasteiger partial charge in [0.2, 0.25) is 10.0 Å². The summed E-state index contributed by atoms with van der Waals surface area (Å²) in [7, 11) is -1.53. The average molecular weight is 318 g/mol. The molecule has 0 bridgehead atoms. The second kappa shape index (κ2) is 6.40. The average Bonchev–Trinajstić information content (AvgIpc) is 2.34. The Morgan fingerprint density at radius 2 is 2.00 bits per heavy atom. The van der Waals surface area contributed by atoms with Crippen molar-refractivity contribution >= 4 is 15.9 Å². The number of nitrogens with zero attached hydrogens (tertiary/aromatic N) is 1. The predicted molar refractivity (Wildman–Crippen MR) is 76.1 cm³/mol. The third-order valence-corrected chi connectivity index (χ3v) is 3.67. The van der Waals surface area contributed by atoms with Gasteiger partial charge in [-0.1, -0.05) is 13.8 Å². The standard InChI is InChI=1S/C13H19FN2O4S/c1-8(2)7-16(3)13(17)9-5-10(14)12(20-4)11(6-9)21(15,18)19/h5-6,8H,7H2,1-4H3,(H2,15,18,19). The van der Waals surface area contributed by atoms with Gasteiger partial charge < -0.3 is 9.64 Å². The second-order valence-electron chi connectivity index (χ2n) is 5.11. The van der Waals surface area contributed by atoms with E-state index in [1.165, 1.54) is 4.90 Å². The number of hydrogen-bond donors (Lipinski definition) is 1. The summed E-state index contributed by atoms with van der Waals surface area (Å²) < 4.78 is 41.6. The van der Waals surface area contributed by atoms with E-state index in [2.05, 4.69) is 0 Å². The molecule has 0 unspecified atom stereocenters. The molecule has 2 N–H and O–H groups in total. The molecule has 1 rings (SSSR count). The molecule has 0 aliphatic rings. The summed E-state index contributed by atoms with van der Waals surface area (Å²) in [5.74, 6) is -1.72. The van der Waals surface area contributed by atoms with Gasteiger partial charge in [0.25, 0.3) is 5.91 Å². The van der Waals surface area contributed by atoms with Gasteiger partial charge in [0.05, 0.1) is 7.11 Å². The molecule has 0 heterocycles. The lowest BCUT2D eigenvalue weighted by molar-refractivity contribution is 0.0778. The van der Waals surface area contributed by atoms with Crippen molar-refractivity contribution in [2.24, 2.45) is 11.1 Å². The lowest BCUT2D eigenvalue weighted by Gasteiger charge is -2.20. The summed E-state index contributed by atoms with van der Waals surface area (Å²) in [6.45, 7) is 4.31. The van der Waals surface area contributed by atoms with Crippen molar-refractivity contribution < 1.29 is 22.3 Å². The quantitative estimate of drug-likeness (QED) is 0.883. The zero-order valence-corrected chi connectivity index (χ0v) is 13.2. The third-order valence-electron chi connectivity index (χ3n) is 2.75. The van der Waals surface area contributed by atoms with Crippen molar-refractivity contribution in [3.05, 3.63) is 23.5 Å². The Labute approximate surface area is 123 Å². The van der Waals surface area contributed by atoms with Gasteiger partial charge in [-0.25, -0.2) is 17.9 Å². The summed E-state index contributed by atoms with van der Waals surface area (Å²) in [5, 5.41) is 5.03. The lowest BCUT2D eigenvalue weighted by atomic mass is 10.1. The topological polar surface area (TPSA) is 89.7 Å². The van der Waals surface area contributed by atoms with Gasteiger partial charge in [-0.05, 0) is 18.1 Å². The minimum absolute atomic E-state index is 0.0968. The number of primary sulfonamides is 1. The molecule has 0 saturated carbocycles. The maximum absolute atomic E-state index is 13.9. The zero-order chi connectivity index (χ0) is 16.4. The van der Waals surface area contributed by atoms with Gasteiger partial charge in [-0.2, -0.15) is 0 Å². The Bertz CT molecular complexity index is 644. The van der Waals surface area contributed by atoms with Crippen molar-refractivity contribution in [2.75, 3.05) is 20.7 Å². The summed E-state index contributed by atoms with van der Waals surface area (Å²) >= 11 is 0. The van der Waals surface area contributed by atoms with E-state index < -0.39 is 32.4 Å². The van der Waals surface area contributed by atoms with Gasteiger partial charge in [0.15, 0.2) is 11.6 Å². The smallest absolute Gasteiger partial charge is 0.253 e. The van der Waals surface area contributed by atoms with Crippen LogP contribution in [0, 0.1) is 11.7 Å². The maximum Gasteiger partial charge on any atom is 0.253 e. The number of amides is 1. The molecule has 0 aliphatic heterocycles. The van der Waals surface area contributed by atoms with Crippen LogP contribution in [0.5, 0.6) is 5.75 Å². The van der Waals surface area contributed by atoms with E-state index in [1.807, 2.05) is 13.8 Å². The Morgan fingerprint density at radius 3 is 2.43 bits per heavy atom. The molecule has 0 aromatic heterocycles. The SMILES string of the molecule is COc1c(F)cc(C(=O)N(C)CC(C)C)cc1S(N)(=O)=O. The molecule has 8 heteroatoms. The number of nitrogens with two attached hydrogens (primary N) is 1. The minimum atomic E-state index is -4.21. The first-order chi connectivity index (χ1) is 9.57. The van der Waals surface area contributed by atoms with E-state index in [1.54, 1.807) is 7.05 Å². The number of halogens is 1. The summed E-state index contributed by atoms with van der Waals surface area (Å²) in [6, 6.07) is 1.96. The van der Waals surface area contributed by atoms with Gasteiger partial charge in [0, 0.05) is 19.2 Å². The second-order valence-corrected chi connectivity index (χ2v) is 6.64. The number of benzene rings is 1. The first kappa shape index (κ1) is 17.4. The van der Waals surface area contributed by atoms with Gasteiger partial charge in [-0.3, -0.25) is 4.79 Å². The maximum atomic E-state index is 13.9. The van der Waals surface area contributed by atoms with Crippen molar-refractivity contribution in [3.8, 4) is 5.75 Å². The molecule has 0 saturated heterocycles. The fourth-order valence-corrected chi connectivity index (χ4v) is 2.68. The molecule has 21 heavy (non-hydrogen) atoms. The molecule has 0 atom stereocenters. The van der Waals surface area contributed by atoms with Crippen LogP contribution in [0.15, 0.2) is 17.0 Å². The fraction of sp³-hybridized carbons (Fsp3) is 0.462. The van der Waals surface area contributed by atoms with Crippen LogP contribution in [0.1, 0.15) is 24.2 Å². The van der Waals surface area contributed by atoms with Crippen LogP contribution in [0.2, 0.25) is 0 Å². The summed E-state index contributed by atoms with van der Waals surface area (Å²) in [5.41, 5.74) is -0.0968.